The van der Waals surface area contributed by atoms with Gasteiger partial charge in [-0.2, -0.15) is 5.10 Å². The molecule has 1 aromatic carbocycles. The van der Waals surface area contributed by atoms with Crippen LogP contribution in [0.15, 0.2) is 42.5 Å². The largest absolute Gasteiger partial charge is 0.394 e. The van der Waals surface area contributed by atoms with Gasteiger partial charge in [-0.1, -0.05) is 30.3 Å². The molecule has 0 spiro atoms. The summed E-state index contributed by atoms with van der Waals surface area (Å²) in [4.78, 5) is 20.1. The Balaban J connectivity index is 1.58. The van der Waals surface area contributed by atoms with Gasteiger partial charge in [0, 0.05) is 44.9 Å². The fourth-order valence-electron chi connectivity index (χ4n) is 3.76. The molecule has 29 heavy (non-hydrogen) atoms. The normalized spacial score (nSPS) is 14.3. The Morgan fingerprint density at radius 1 is 1.03 bits per heavy atom. The summed E-state index contributed by atoms with van der Waals surface area (Å²) in [5.41, 5.74) is 8.87. The molecule has 1 saturated heterocycles. The average molecular weight is 393 g/mol. The predicted molar refractivity (Wildman–Crippen MR) is 113 cm³/mol. The first-order valence-corrected chi connectivity index (χ1v) is 9.45. The molecule has 0 saturated carbocycles. The van der Waals surface area contributed by atoms with Crippen LogP contribution in [0, 0.1) is 17.0 Å². The lowest BCUT2D eigenvalue weighted by atomic mass is 10.1. The highest BCUT2D eigenvalue weighted by atomic mass is 16.6. The van der Waals surface area contributed by atoms with Crippen molar-refractivity contribution in [3.8, 4) is 11.3 Å². The van der Waals surface area contributed by atoms with E-state index in [0.717, 1.165) is 49.1 Å². The van der Waals surface area contributed by atoms with E-state index in [9.17, 15) is 10.1 Å². The Bertz CT molecular complexity index is 1040. The van der Waals surface area contributed by atoms with Crippen LogP contribution in [-0.2, 0) is 7.05 Å². The van der Waals surface area contributed by atoms with Gasteiger partial charge in [0.05, 0.1) is 16.3 Å². The quantitative estimate of drug-likeness (QED) is 0.536. The molecule has 0 radical (unpaired) electrons. The van der Waals surface area contributed by atoms with Crippen molar-refractivity contribution in [1.82, 2.24) is 14.8 Å². The number of aromatic nitrogens is 3. The Morgan fingerprint density at radius 2 is 1.69 bits per heavy atom. The van der Waals surface area contributed by atoms with Crippen molar-refractivity contribution in [2.45, 2.75) is 6.92 Å². The van der Waals surface area contributed by atoms with E-state index in [2.05, 4.69) is 19.9 Å². The first-order valence-electron chi connectivity index (χ1n) is 9.45. The molecule has 0 amide bonds. The maximum Gasteiger partial charge on any atom is 0.295 e. The Kier molecular flexibility index (Phi) is 4.79. The van der Waals surface area contributed by atoms with E-state index >= 15 is 0 Å². The molecule has 0 unspecified atom stereocenters. The fraction of sp³-hybridized carbons (Fsp3) is 0.300. The molecule has 2 aromatic heterocycles. The second kappa shape index (κ2) is 7.42. The fourth-order valence-corrected chi connectivity index (χ4v) is 3.76. The van der Waals surface area contributed by atoms with Gasteiger partial charge in [-0.05, 0) is 13.0 Å². The number of anilines is 3. The topological polar surface area (TPSA) is 106 Å². The highest BCUT2D eigenvalue weighted by molar-refractivity contribution is 5.72. The maximum absolute atomic E-state index is 11.5. The minimum absolute atomic E-state index is 0.0109. The Morgan fingerprint density at radius 3 is 2.28 bits per heavy atom. The summed E-state index contributed by atoms with van der Waals surface area (Å²) < 4.78 is 1.82. The molecular formula is C20H23N7O2. The predicted octanol–water partition coefficient (Wildman–Crippen LogP) is 2.61. The molecule has 3 aromatic rings. The van der Waals surface area contributed by atoms with E-state index in [0.29, 0.717) is 11.4 Å². The number of nitrogens with two attached hydrogens (primary N) is 1. The summed E-state index contributed by atoms with van der Waals surface area (Å²) in [5.74, 6) is 1.67. The summed E-state index contributed by atoms with van der Waals surface area (Å²) in [6, 6.07) is 12.5. The van der Waals surface area contributed by atoms with Crippen molar-refractivity contribution in [3.05, 3.63) is 58.3 Å². The molecule has 9 nitrogen and oxygen atoms in total. The molecule has 0 atom stereocenters. The summed E-state index contributed by atoms with van der Waals surface area (Å²) >= 11 is 0. The van der Waals surface area contributed by atoms with E-state index in [4.69, 9.17) is 5.73 Å². The van der Waals surface area contributed by atoms with Crippen molar-refractivity contribution in [2.75, 3.05) is 41.7 Å². The molecule has 0 bridgehead atoms. The summed E-state index contributed by atoms with van der Waals surface area (Å²) in [6.45, 7) is 4.91. The standard InChI is InChI=1S/C20H23N7O2/c1-14-18(21)20(24(2)23-14)26-12-10-25(11-13-26)17-9-8-16(27(28)29)19(22-17)15-6-4-3-5-7-15/h3-9H,10-13,21H2,1-2H3. The lowest BCUT2D eigenvalue weighted by Crippen LogP contribution is -2.47. The number of benzene rings is 1. The molecule has 1 aliphatic rings. The van der Waals surface area contributed by atoms with E-state index in [1.165, 1.54) is 0 Å². The van der Waals surface area contributed by atoms with Crippen LogP contribution in [0.3, 0.4) is 0 Å². The number of hydrogen-bond donors (Lipinski definition) is 1. The highest BCUT2D eigenvalue weighted by Crippen LogP contribution is 2.31. The third-order valence-electron chi connectivity index (χ3n) is 5.24. The van der Waals surface area contributed by atoms with Crippen LogP contribution in [-0.4, -0.2) is 45.9 Å². The average Bonchev–Trinajstić information content (AvgIpc) is 2.99. The number of nitrogens with zero attached hydrogens (tertiary/aromatic N) is 6. The summed E-state index contributed by atoms with van der Waals surface area (Å²) in [7, 11) is 1.90. The molecule has 9 heteroatoms. The van der Waals surface area contributed by atoms with Crippen LogP contribution >= 0.6 is 0 Å². The van der Waals surface area contributed by atoms with Gasteiger partial charge in [-0.25, -0.2) is 4.98 Å². The van der Waals surface area contributed by atoms with Crippen molar-refractivity contribution in [2.24, 2.45) is 7.05 Å². The van der Waals surface area contributed by atoms with E-state index in [1.54, 1.807) is 12.1 Å². The van der Waals surface area contributed by atoms with Gasteiger partial charge >= 0.3 is 0 Å². The highest BCUT2D eigenvalue weighted by Gasteiger charge is 2.25. The van der Waals surface area contributed by atoms with Crippen molar-refractivity contribution < 1.29 is 4.92 Å². The van der Waals surface area contributed by atoms with Gasteiger partial charge in [0.2, 0.25) is 0 Å². The minimum atomic E-state index is -0.384. The van der Waals surface area contributed by atoms with Gasteiger partial charge in [0.15, 0.2) is 11.5 Å². The van der Waals surface area contributed by atoms with Gasteiger partial charge in [-0.15, -0.1) is 0 Å². The molecule has 3 heterocycles. The molecule has 0 aliphatic carbocycles. The maximum atomic E-state index is 11.5. The van der Waals surface area contributed by atoms with Gasteiger partial charge in [0.25, 0.3) is 5.69 Å². The molecular weight excluding hydrogens is 370 g/mol. The molecule has 1 fully saturated rings. The molecule has 4 rings (SSSR count). The Labute approximate surface area is 168 Å². The van der Waals surface area contributed by atoms with Crippen LogP contribution in [0.1, 0.15) is 5.69 Å². The summed E-state index contributed by atoms with van der Waals surface area (Å²) in [6.07, 6.45) is 0. The third kappa shape index (κ3) is 3.46. The zero-order valence-electron chi connectivity index (χ0n) is 16.4. The first-order chi connectivity index (χ1) is 14.0. The lowest BCUT2D eigenvalue weighted by molar-refractivity contribution is -0.384. The number of rotatable bonds is 4. The van der Waals surface area contributed by atoms with Crippen LogP contribution in [0.2, 0.25) is 0 Å². The van der Waals surface area contributed by atoms with Crippen LogP contribution in [0.5, 0.6) is 0 Å². The van der Waals surface area contributed by atoms with Crippen LogP contribution < -0.4 is 15.5 Å². The van der Waals surface area contributed by atoms with E-state index in [-0.39, 0.29) is 10.6 Å². The number of nitro groups is 1. The van der Waals surface area contributed by atoms with Crippen LogP contribution in [0.25, 0.3) is 11.3 Å². The lowest BCUT2D eigenvalue weighted by Gasteiger charge is -2.36. The molecule has 1 aliphatic heterocycles. The van der Waals surface area contributed by atoms with Gasteiger partial charge < -0.3 is 15.5 Å². The van der Waals surface area contributed by atoms with Crippen molar-refractivity contribution >= 4 is 23.0 Å². The number of piperazine rings is 1. The van der Waals surface area contributed by atoms with Gasteiger partial charge in [-0.3, -0.25) is 14.8 Å². The second-order valence-electron chi connectivity index (χ2n) is 7.08. The minimum Gasteiger partial charge on any atom is -0.394 e. The number of hydrogen-bond acceptors (Lipinski definition) is 7. The zero-order chi connectivity index (χ0) is 20.5. The number of pyridine rings is 1. The summed E-state index contributed by atoms with van der Waals surface area (Å²) in [5, 5.41) is 15.9. The van der Waals surface area contributed by atoms with Gasteiger partial charge in [0.1, 0.15) is 5.82 Å². The van der Waals surface area contributed by atoms with Crippen LogP contribution in [0.4, 0.5) is 23.0 Å². The second-order valence-corrected chi connectivity index (χ2v) is 7.08. The number of aryl methyl sites for hydroxylation is 2. The monoisotopic (exact) mass is 393 g/mol. The number of nitrogen functional groups attached to an aromatic ring is 1. The SMILES string of the molecule is Cc1nn(C)c(N2CCN(c3ccc([N+](=O)[O-])c(-c4ccccc4)n3)CC2)c1N. The van der Waals surface area contributed by atoms with E-state index < -0.39 is 0 Å². The first kappa shape index (κ1) is 18.7. The zero-order valence-corrected chi connectivity index (χ0v) is 16.4. The third-order valence-corrected chi connectivity index (χ3v) is 5.24. The van der Waals surface area contributed by atoms with E-state index in [1.807, 2.05) is 49.0 Å². The Hall–Kier alpha value is -3.62. The van der Waals surface area contributed by atoms with Crippen molar-refractivity contribution in [3.63, 3.8) is 0 Å². The molecule has 150 valence electrons. The molecule has 2 N–H and O–H groups in total. The smallest absolute Gasteiger partial charge is 0.295 e. The van der Waals surface area contributed by atoms with Crippen molar-refractivity contribution in [1.29, 1.82) is 0 Å².